The molecule has 1 amide bonds. The Morgan fingerprint density at radius 3 is 2.61 bits per heavy atom. The van der Waals surface area contributed by atoms with Crippen molar-refractivity contribution in [3.8, 4) is 17.2 Å². The molecule has 1 saturated heterocycles. The van der Waals surface area contributed by atoms with Gasteiger partial charge in [-0.15, -0.1) is 0 Å². The van der Waals surface area contributed by atoms with Gasteiger partial charge in [-0.2, -0.15) is 0 Å². The van der Waals surface area contributed by atoms with E-state index < -0.39 is 11.7 Å². The first kappa shape index (κ1) is 23.7. The van der Waals surface area contributed by atoms with Crippen molar-refractivity contribution in [1.82, 2.24) is 9.62 Å². The summed E-state index contributed by atoms with van der Waals surface area (Å²) in [4.78, 5) is 14.6. The number of nitrogens with one attached hydrogen (secondary N) is 1. The number of methoxy groups -OCH3 is 2. The maximum atomic E-state index is 14.8. The predicted molar refractivity (Wildman–Crippen MR) is 128 cm³/mol. The minimum Gasteiger partial charge on any atom is -0.493 e. The summed E-state index contributed by atoms with van der Waals surface area (Å²) in [7, 11) is 3.27. The van der Waals surface area contributed by atoms with Gasteiger partial charge in [0.15, 0.2) is 11.5 Å². The molecule has 0 aromatic heterocycles. The van der Waals surface area contributed by atoms with Crippen LogP contribution in [0.2, 0.25) is 0 Å². The van der Waals surface area contributed by atoms with Crippen molar-refractivity contribution in [2.75, 3.05) is 33.6 Å². The largest absolute Gasteiger partial charge is 0.493 e. The summed E-state index contributed by atoms with van der Waals surface area (Å²) in [5.74, 6) is 1.40. The summed E-state index contributed by atoms with van der Waals surface area (Å²) in [6.45, 7) is 2.51. The van der Waals surface area contributed by atoms with E-state index in [2.05, 4.69) is 9.62 Å². The highest BCUT2D eigenvalue weighted by molar-refractivity contribution is 7.97. The molecule has 1 saturated carbocycles. The van der Waals surface area contributed by atoms with E-state index in [9.17, 15) is 9.18 Å². The van der Waals surface area contributed by atoms with Gasteiger partial charge in [0.2, 0.25) is 0 Å². The second-order valence-electron chi connectivity index (χ2n) is 8.59. The predicted octanol–water partition coefficient (Wildman–Crippen LogP) is 4.77. The summed E-state index contributed by atoms with van der Waals surface area (Å²) in [6, 6.07) is 9.05. The molecule has 2 aromatic carbocycles. The van der Waals surface area contributed by atoms with Crippen LogP contribution in [-0.2, 0) is 6.54 Å². The van der Waals surface area contributed by atoms with Crippen LogP contribution in [-0.4, -0.2) is 50.5 Å². The van der Waals surface area contributed by atoms with Crippen LogP contribution in [0.25, 0.3) is 0 Å². The molecule has 4 rings (SSSR count). The number of rotatable bonds is 9. The second-order valence-corrected chi connectivity index (χ2v) is 9.20. The lowest BCUT2D eigenvalue weighted by atomic mass is 10.0. The average molecular weight is 475 g/mol. The lowest BCUT2D eigenvalue weighted by Gasteiger charge is -2.33. The smallest absolute Gasteiger partial charge is 0.264 e. The fourth-order valence-corrected chi connectivity index (χ4v) is 4.67. The van der Waals surface area contributed by atoms with Crippen molar-refractivity contribution in [2.24, 2.45) is 0 Å². The van der Waals surface area contributed by atoms with Gasteiger partial charge in [-0.1, -0.05) is 18.0 Å². The molecule has 1 heterocycles. The molecule has 33 heavy (non-hydrogen) atoms. The SMILES string of the molecule is COc1ccc(CN2CCCC(Oc3cc(F)c(C(=O)NSC)cc3C3CC3)C2)cc1OC. The number of halogens is 1. The molecule has 0 spiro atoms. The zero-order valence-electron chi connectivity index (χ0n) is 19.4. The molecular formula is C25H31FN2O4S. The van der Waals surface area contributed by atoms with Gasteiger partial charge in [0.1, 0.15) is 17.7 Å². The van der Waals surface area contributed by atoms with Crippen LogP contribution in [0.15, 0.2) is 30.3 Å². The lowest BCUT2D eigenvalue weighted by molar-refractivity contribution is 0.0832. The summed E-state index contributed by atoms with van der Waals surface area (Å²) >= 11 is 1.16. The third kappa shape index (κ3) is 5.73. The first-order valence-corrected chi connectivity index (χ1v) is 12.5. The van der Waals surface area contributed by atoms with E-state index in [4.69, 9.17) is 14.2 Å². The van der Waals surface area contributed by atoms with E-state index in [-0.39, 0.29) is 11.7 Å². The first-order chi connectivity index (χ1) is 16.0. The molecule has 178 valence electrons. The minimum atomic E-state index is -0.543. The Labute approximate surface area is 198 Å². The van der Waals surface area contributed by atoms with Crippen LogP contribution >= 0.6 is 11.9 Å². The summed E-state index contributed by atoms with van der Waals surface area (Å²) in [5, 5.41) is 0. The molecule has 0 radical (unpaired) electrons. The number of hydrogen-bond donors (Lipinski definition) is 1. The standard InChI is InChI=1S/C25H31FN2O4S/c1-30-22-9-6-16(11-24(22)31-2)14-28-10-4-5-18(15-28)32-23-13-21(26)20(25(29)27-33-3)12-19(23)17-7-8-17/h6,9,11-13,17-18H,4-5,7-8,10,14-15H2,1-3H3,(H,27,29). The summed E-state index contributed by atoms with van der Waals surface area (Å²) in [6.07, 6.45) is 5.73. The first-order valence-electron chi connectivity index (χ1n) is 11.3. The van der Waals surface area contributed by atoms with Gasteiger partial charge in [0.25, 0.3) is 5.91 Å². The number of hydrogen-bond acceptors (Lipinski definition) is 6. The molecule has 2 aromatic rings. The third-order valence-electron chi connectivity index (χ3n) is 6.17. The van der Waals surface area contributed by atoms with Gasteiger partial charge in [0, 0.05) is 25.4 Å². The number of likely N-dealkylation sites (tertiary alicyclic amines) is 1. The number of carbonyl (C=O) groups is 1. The zero-order chi connectivity index (χ0) is 23.4. The van der Waals surface area contributed by atoms with E-state index in [1.807, 2.05) is 18.2 Å². The Balaban J connectivity index is 1.46. The highest BCUT2D eigenvalue weighted by atomic mass is 32.2. The number of ether oxygens (including phenoxy) is 3. The molecule has 8 heteroatoms. The molecular weight excluding hydrogens is 443 g/mol. The number of nitrogens with zero attached hydrogens (tertiary/aromatic N) is 1. The van der Waals surface area contributed by atoms with Gasteiger partial charge in [-0.25, -0.2) is 4.39 Å². The Hall–Kier alpha value is -2.45. The molecule has 1 aliphatic heterocycles. The van der Waals surface area contributed by atoms with E-state index in [1.54, 1.807) is 26.5 Å². The van der Waals surface area contributed by atoms with E-state index >= 15 is 0 Å². The van der Waals surface area contributed by atoms with Crippen molar-refractivity contribution in [3.05, 3.63) is 52.8 Å². The van der Waals surface area contributed by atoms with Crippen molar-refractivity contribution in [2.45, 2.75) is 44.2 Å². The molecule has 2 fully saturated rings. The molecule has 1 aliphatic carbocycles. The normalized spacial score (nSPS) is 18.6. The summed E-state index contributed by atoms with van der Waals surface area (Å²) < 4.78 is 34.5. The Morgan fingerprint density at radius 2 is 1.91 bits per heavy atom. The molecule has 0 bridgehead atoms. The molecule has 1 unspecified atom stereocenters. The number of carbonyl (C=O) groups excluding carboxylic acids is 1. The fraction of sp³-hybridized carbons (Fsp3) is 0.480. The molecule has 2 aliphatic rings. The highest BCUT2D eigenvalue weighted by Crippen LogP contribution is 2.45. The highest BCUT2D eigenvalue weighted by Gasteiger charge is 2.31. The van der Waals surface area contributed by atoms with Crippen LogP contribution in [0.3, 0.4) is 0 Å². The number of amides is 1. The van der Waals surface area contributed by atoms with Crippen molar-refractivity contribution in [1.29, 1.82) is 0 Å². The monoisotopic (exact) mass is 474 g/mol. The minimum absolute atomic E-state index is 0.0262. The zero-order valence-corrected chi connectivity index (χ0v) is 20.2. The summed E-state index contributed by atoms with van der Waals surface area (Å²) in [5.41, 5.74) is 2.17. The topological polar surface area (TPSA) is 60.0 Å². The van der Waals surface area contributed by atoms with E-state index in [0.717, 1.165) is 74.1 Å². The number of benzene rings is 2. The van der Waals surface area contributed by atoms with Crippen LogP contribution in [0.5, 0.6) is 17.2 Å². The van der Waals surface area contributed by atoms with Gasteiger partial charge >= 0.3 is 0 Å². The van der Waals surface area contributed by atoms with Gasteiger partial charge in [0.05, 0.1) is 19.8 Å². The Bertz CT molecular complexity index is 999. The van der Waals surface area contributed by atoms with E-state index in [1.165, 1.54) is 6.07 Å². The van der Waals surface area contributed by atoms with Gasteiger partial charge in [-0.3, -0.25) is 14.4 Å². The van der Waals surface area contributed by atoms with Gasteiger partial charge in [-0.05, 0) is 67.5 Å². The van der Waals surface area contributed by atoms with Crippen molar-refractivity contribution in [3.63, 3.8) is 0 Å². The molecule has 1 atom stereocenters. The van der Waals surface area contributed by atoms with Crippen LogP contribution in [0, 0.1) is 5.82 Å². The van der Waals surface area contributed by atoms with E-state index in [0.29, 0.717) is 17.4 Å². The Kier molecular flexibility index (Phi) is 7.65. The van der Waals surface area contributed by atoms with Crippen molar-refractivity contribution < 1.29 is 23.4 Å². The maximum Gasteiger partial charge on any atom is 0.264 e. The third-order valence-corrected chi connectivity index (χ3v) is 6.56. The lowest BCUT2D eigenvalue weighted by Crippen LogP contribution is -2.40. The average Bonchev–Trinajstić information content (AvgIpc) is 3.65. The second kappa shape index (κ2) is 10.7. The maximum absolute atomic E-state index is 14.8. The van der Waals surface area contributed by atoms with Crippen LogP contribution in [0.4, 0.5) is 4.39 Å². The molecule has 6 nitrogen and oxygen atoms in total. The van der Waals surface area contributed by atoms with Gasteiger partial charge < -0.3 is 14.2 Å². The number of piperidine rings is 1. The van der Waals surface area contributed by atoms with Crippen LogP contribution in [0.1, 0.15) is 53.1 Å². The van der Waals surface area contributed by atoms with Crippen LogP contribution < -0.4 is 18.9 Å². The molecule has 1 N–H and O–H groups in total. The quantitative estimate of drug-likeness (QED) is 0.529. The fourth-order valence-electron chi connectivity index (χ4n) is 4.38. The van der Waals surface area contributed by atoms with Crippen molar-refractivity contribution >= 4 is 17.9 Å². The Morgan fingerprint density at radius 1 is 1.12 bits per heavy atom.